The van der Waals surface area contributed by atoms with Gasteiger partial charge in [-0.05, 0) is 69.1 Å². The molecule has 0 aliphatic carbocycles. The van der Waals surface area contributed by atoms with Crippen molar-refractivity contribution in [3.05, 3.63) is 54.4 Å². The number of urea groups is 1. The van der Waals surface area contributed by atoms with Gasteiger partial charge in [0.05, 0.1) is 37.2 Å². The number of ether oxygens (including phenoxy) is 2. The van der Waals surface area contributed by atoms with Crippen LogP contribution in [0.3, 0.4) is 0 Å². The Balaban J connectivity index is 1.04. The molecule has 3 aromatic rings. The number of aromatic nitrogens is 3. The van der Waals surface area contributed by atoms with Crippen LogP contribution in [-0.4, -0.2) is 97.6 Å². The number of piperazine rings is 1. The van der Waals surface area contributed by atoms with Gasteiger partial charge in [0, 0.05) is 68.3 Å². The predicted octanol–water partition coefficient (Wildman–Crippen LogP) is 4.20. The number of pyridine rings is 1. The third-order valence-corrected chi connectivity index (χ3v) is 9.11. The Kier molecular flexibility index (Phi) is 8.10. The van der Waals surface area contributed by atoms with Crippen LogP contribution in [0.1, 0.15) is 37.3 Å². The molecule has 11 nitrogen and oxygen atoms in total. The molecule has 6 heterocycles. The van der Waals surface area contributed by atoms with E-state index in [1.165, 1.54) is 0 Å². The highest BCUT2D eigenvalue weighted by Crippen LogP contribution is 2.36. The standard InChI is InChI=1S/C32H40N8O3/c1-38-12-14-39(15-13-38)29-9-6-25(19-33-29)35-32(41)34-24-4-2-23(3-5-24)31-36-28(22-10-16-42-17-11-22)18-30(37-31)40-26-7-8-27(40)21-43-20-26/h2-6,9,18-19,22,26-27H,7-8,10-17,20-21H2,1H3,(H2,34,35,41). The van der Waals surface area contributed by atoms with E-state index in [4.69, 9.17) is 19.4 Å². The molecule has 0 radical (unpaired) electrons. The monoisotopic (exact) mass is 584 g/mol. The Bertz CT molecular complexity index is 1390. The highest BCUT2D eigenvalue weighted by Gasteiger charge is 2.38. The van der Waals surface area contributed by atoms with E-state index in [2.05, 4.69) is 43.4 Å². The molecule has 0 spiro atoms. The highest BCUT2D eigenvalue weighted by atomic mass is 16.5. The number of carbonyl (C=O) groups excluding carboxylic acids is 1. The fourth-order valence-corrected chi connectivity index (χ4v) is 6.60. The van der Waals surface area contributed by atoms with Gasteiger partial charge in [-0.25, -0.2) is 19.7 Å². The maximum absolute atomic E-state index is 12.7. The summed E-state index contributed by atoms with van der Waals surface area (Å²) >= 11 is 0. The molecule has 4 aliphatic rings. The van der Waals surface area contributed by atoms with Crippen LogP contribution in [0.2, 0.25) is 0 Å². The molecule has 4 saturated heterocycles. The Morgan fingerprint density at radius 3 is 2.21 bits per heavy atom. The van der Waals surface area contributed by atoms with E-state index in [9.17, 15) is 4.79 Å². The number of fused-ring (bicyclic) bond motifs is 2. The van der Waals surface area contributed by atoms with Crippen LogP contribution in [0, 0.1) is 0 Å². The van der Waals surface area contributed by atoms with Crippen molar-refractivity contribution in [1.82, 2.24) is 19.9 Å². The second-order valence-corrected chi connectivity index (χ2v) is 12.0. The number of amides is 2. The maximum Gasteiger partial charge on any atom is 0.323 e. The number of carbonyl (C=O) groups is 1. The molecule has 4 aliphatic heterocycles. The van der Waals surface area contributed by atoms with Gasteiger partial charge in [0.2, 0.25) is 0 Å². The quantitative estimate of drug-likeness (QED) is 0.441. The van der Waals surface area contributed by atoms with Gasteiger partial charge in [0.15, 0.2) is 5.82 Å². The summed E-state index contributed by atoms with van der Waals surface area (Å²) in [7, 11) is 2.13. The van der Waals surface area contributed by atoms with Crippen molar-refractivity contribution in [1.29, 1.82) is 0 Å². The molecule has 2 unspecified atom stereocenters. The lowest BCUT2D eigenvalue weighted by Crippen LogP contribution is -2.46. The van der Waals surface area contributed by atoms with E-state index < -0.39 is 0 Å². The molecule has 4 fully saturated rings. The zero-order valence-corrected chi connectivity index (χ0v) is 24.7. The van der Waals surface area contributed by atoms with Gasteiger partial charge in [-0.3, -0.25) is 0 Å². The third kappa shape index (κ3) is 6.29. The number of morpholine rings is 1. The van der Waals surface area contributed by atoms with E-state index in [1.807, 2.05) is 36.4 Å². The summed E-state index contributed by atoms with van der Waals surface area (Å²) in [6.07, 6.45) is 5.91. The summed E-state index contributed by atoms with van der Waals surface area (Å²) in [5.41, 5.74) is 3.35. The van der Waals surface area contributed by atoms with Crippen LogP contribution < -0.4 is 20.4 Å². The van der Waals surface area contributed by atoms with Crippen molar-refractivity contribution in [2.75, 3.05) is 80.1 Å². The summed E-state index contributed by atoms with van der Waals surface area (Å²) < 4.78 is 11.5. The number of hydrogen-bond acceptors (Lipinski definition) is 9. The molecule has 43 heavy (non-hydrogen) atoms. The first-order valence-corrected chi connectivity index (χ1v) is 15.5. The average Bonchev–Trinajstić information content (AvgIpc) is 3.30. The number of anilines is 4. The SMILES string of the molecule is CN1CCN(c2ccc(NC(=O)Nc3ccc(-c4nc(C5CCOCC5)cc(N5C6CCC5COC6)n4)cc3)cn2)CC1. The van der Waals surface area contributed by atoms with Gasteiger partial charge >= 0.3 is 6.03 Å². The minimum Gasteiger partial charge on any atom is -0.381 e. The molecule has 7 rings (SSSR count). The molecule has 2 atom stereocenters. The van der Waals surface area contributed by atoms with Crippen molar-refractivity contribution in [3.63, 3.8) is 0 Å². The minimum absolute atomic E-state index is 0.315. The Labute approximate surface area is 252 Å². The zero-order chi connectivity index (χ0) is 29.2. The molecule has 2 N–H and O–H groups in total. The first kappa shape index (κ1) is 28.0. The van der Waals surface area contributed by atoms with Crippen LogP contribution in [-0.2, 0) is 9.47 Å². The lowest BCUT2D eigenvalue weighted by atomic mass is 9.96. The molecule has 226 valence electrons. The second kappa shape index (κ2) is 12.4. The lowest BCUT2D eigenvalue weighted by molar-refractivity contribution is 0.0843. The van der Waals surface area contributed by atoms with Gasteiger partial charge < -0.3 is 34.8 Å². The first-order valence-electron chi connectivity index (χ1n) is 15.5. The summed E-state index contributed by atoms with van der Waals surface area (Å²) in [6.45, 7) is 6.98. The predicted molar refractivity (Wildman–Crippen MR) is 167 cm³/mol. The van der Waals surface area contributed by atoms with Crippen molar-refractivity contribution < 1.29 is 14.3 Å². The molecular formula is C32H40N8O3. The number of hydrogen-bond donors (Lipinski definition) is 2. The van der Waals surface area contributed by atoms with Gasteiger partial charge in [-0.2, -0.15) is 0 Å². The minimum atomic E-state index is -0.315. The maximum atomic E-state index is 12.7. The van der Waals surface area contributed by atoms with Crippen LogP contribution >= 0.6 is 0 Å². The van der Waals surface area contributed by atoms with Crippen LogP contribution in [0.15, 0.2) is 48.7 Å². The molecule has 11 heteroatoms. The fourth-order valence-electron chi connectivity index (χ4n) is 6.60. The van der Waals surface area contributed by atoms with Crippen LogP contribution in [0.4, 0.5) is 27.8 Å². The first-order chi connectivity index (χ1) is 21.1. The van der Waals surface area contributed by atoms with Gasteiger partial charge in [-0.15, -0.1) is 0 Å². The van der Waals surface area contributed by atoms with Crippen molar-refractivity contribution in [2.24, 2.45) is 0 Å². The van der Waals surface area contributed by atoms with Crippen molar-refractivity contribution in [3.8, 4) is 11.4 Å². The molecular weight excluding hydrogens is 544 g/mol. The lowest BCUT2D eigenvalue weighted by Gasteiger charge is -2.36. The van der Waals surface area contributed by atoms with Crippen LogP contribution in [0.25, 0.3) is 11.4 Å². The van der Waals surface area contributed by atoms with Gasteiger partial charge in [0.25, 0.3) is 0 Å². The highest BCUT2D eigenvalue weighted by molar-refractivity contribution is 5.99. The largest absolute Gasteiger partial charge is 0.381 e. The molecule has 0 saturated carbocycles. The summed E-state index contributed by atoms with van der Waals surface area (Å²) in [5.74, 6) is 3.01. The number of rotatable bonds is 6. The third-order valence-electron chi connectivity index (χ3n) is 9.11. The van der Waals surface area contributed by atoms with Gasteiger partial charge in [0.1, 0.15) is 11.6 Å². The molecule has 1 aromatic carbocycles. The second-order valence-electron chi connectivity index (χ2n) is 12.0. The summed E-state index contributed by atoms with van der Waals surface area (Å²) in [6, 6.07) is 14.2. The topological polar surface area (TPSA) is 108 Å². The van der Waals surface area contributed by atoms with Crippen molar-refractivity contribution in [2.45, 2.75) is 43.7 Å². The Morgan fingerprint density at radius 1 is 0.814 bits per heavy atom. The van der Waals surface area contributed by atoms with E-state index in [-0.39, 0.29) is 6.03 Å². The number of nitrogens with one attached hydrogen (secondary N) is 2. The molecule has 2 amide bonds. The summed E-state index contributed by atoms with van der Waals surface area (Å²) in [4.78, 5) is 34.5. The number of benzene rings is 1. The van der Waals surface area contributed by atoms with E-state index in [1.54, 1.807) is 6.20 Å². The van der Waals surface area contributed by atoms with E-state index in [0.29, 0.717) is 35.2 Å². The Hall–Kier alpha value is -3.80. The Morgan fingerprint density at radius 2 is 1.51 bits per heavy atom. The van der Waals surface area contributed by atoms with Crippen molar-refractivity contribution >= 4 is 29.0 Å². The smallest absolute Gasteiger partial charge is 0.323 e. The van der Waals surface area contributed by atoms with E-state index in [0.717, 1.165) is 101 Å². The normalized spacial score (nSPS) is 22.9. The number of likely N-dealkylation sites (N-methyl/N-ethyl adjacent to an activating group) is 1. The fraction of sp³-hybridized carbons (Fsp3) is 0.500. The zero-order valence-electron chi connectivity index (χ0n) is 24.7. The molecule has 2 aromatic heterocycles. The van der Waals surface area contributed by atoms with Crippen LogP contribution in [0.5, 0.6) is 0 Å². The number of nitrogens with zero attached hydrogens (tertiary/aromatic N) is 6. The summed E-state index contributed by atoms with van der Waals surface area (Å²) in [5, 5.41) is 5.81. The average molecular weight is 585 g/mol. The van der Waals surface area contributed by atoms with E-state index >= 15 is 0 Å². The molecule has 2 bridgehead atoms. The van der Waals surface area contributed by atoms with Gasteiger partial charge in [-0.1, -0.05) is 0 Å².